The van der Waals surface area contributed by atoms with Crippen LogP contribution in [0.2, 0.25) is 0 Å². The van der Waals surface area contributed by atoms with Crippen LogP contribution in [-0.4, -0.2) is 35.2 Å². The summed E-state index contributed by atoms with van der Waals surface area (Å²) in [6.45, 7) is 3.43. The molecule has 134 valence electrons. The summed E-state index contributed by atoms with van der Waals surface area (Å²) in [7, 11) is 0. The van der Waals surface area contributed by atoms with E-state index in [9.17, 15) is 0 Å². The first-order valence-electron chi connectivity index (χ1n) is 8.87. The van der Waals surface area contributed by atoms with Gasteiger partial charge in [0, 0.05) is 29.5 Å². The van der Waals surface area contributed by atoms with E-state index in [1.165, 1.54) is 19.3 Å². The number of aliphatic imine (C=N–C) groups is 1. The van der Waals surface area contributed by atoms with Gasteiger partial charge in [0.2, 0.25) is 0 Å². The Kier molecular flexibility index (Phi) is 6.39. The lowest BCUT2D eigenvalue weighted by molar-refractivity contribution is 0.424. The van der Waals surface area contributed by atoms with Crippen LogP contribution >= 0.6 is 11.8 Å². The summed E-state index contributed by atoms with van der Waals surface area (Å²) in [5.41, 5.74) is 1.87. The fourth-order valence-electron chi connectivity index (χ4n) is 3.08. The molecular weight excluding hydrogens is 332 g/mol. The molecular formula is C19H26N4OS. The molecule has 3 rings (SSSR count). The Bertz CT molecular complexity index is 686. The molecule has 0 aliphatic heterocycles. The van der Waals surface area contributed by atoms with Gasteiger partial charge in [0.05, 0.1) is 6.54 Å². The first-order valence-corrected chi connectivity index (χ1v) is 10.2. The molecule has 2 unspecified atom stereocenters. The minimum absolute atomic E-state index is 0.504. The highest BCUT2D eigenvalue weighted by Crippen LogP contribution is 2.28. The summed E-state index contributed by atoms with van der Waals surface area (Å²) in [5, 5.41) is 11.8. The summed E-state index contributed by atoms with van der Waals surface area (Å²) < 4.78 is 5.44. The molecule has 1 aliphatic carbocycles. The molecule has 25 heavy (non-hydrogen) atoms. The van der Waals surface area contributed by atoms with Crippen molar-refractivity contribution in [1.82, 2.24) is 15.8 Å². The third kappa shape index (κ3) is 5.01. The Hall–Kier alpha value is -1.95. The Labute approximate surface area is 153 Å². The standard InChI is InChI=1S/C19H26N4OS/c1-3-20-19(22-15-9-10-17(11-15)25-2)21-13-16-12-18(24-23-16)14-7-5-4-6-8-14/h4-8,12,15,17H,3,9-11,13H2,1-2H3,(H2,20,21,22). The van der Waals surface area contributed by atoms with Crippen molar-refractivity contribution in [3.63, 3.8) is 0 Å². The van der Waals surface area contributed by atoms with Crippen molar-refractivity contribution >= 4 is 17.7 Å². The van der Waals surface area contributed by atoms with E-state index >= 15 is 0 Å². The van der Waals surface area contributed by atoms with Gasteiger partial charge in [-0.25, -0.2) is 4.99 Å². The molecule has 0 spiro atoms. The molecule has 0 amide bonds. The zero-order chi connectivity index (χ0) is 17.5. The molecule has 1 fully saturated rings. The molecule has 2 N–H and O–H groups in total. The van der Waals surface area contributed by atoms with E-state index in [1.807, 2.05) is 48.2 Å². The molecule has 6 heteroatoms. The number of aromatic nitrogens is 1. The molecule has 0 radical (unpaired) electrons. The van der Waals surface area contributed by atoms with Crippen LogP contribution in [0.1, 0.15) is 31.9 Å². The second-order valence-corrected chi connectivity index (χ2v) is 7.39. The summed E-state index contributed by atoms with van der Waals surface area (Å²) in [6.07, 6.45) is 5.88. The lowest BCUT2D eigenvalue weighted by atomic mass is 10.2. The first kappa shape index (κ1) is 17.9. The van der Waals surface area contributed by atoms with E-state index in [0.717, 1.165) is 34.8 Å². The van der Waals surface area contributed by atoms with E-state index in [0.29, 0.717) is 12.6 Å². The van der Waals surface area contributed by atoms with Crippen LogP contribution in [0, 0.1) is 0 Å². The molecule has 0 saturated heterocycles. The lowest BCUT2D eigenvalue weighted by Crippen LogP contribution is -2.42. The minimum atomic E-state index is 0.504. The Morgan fingerprint density at radius 3 is 2.88 bits per heavy atom. The van der Waals surface area contributed by atoms with E-state index in [-0.39, 0.29) is 0 Å². The van der Waals surface area contributed by atoms with E-state index in [2.05, 4.69) is 34.0 Å². The summed E-state index contributed by atoms with van der Waals surface area (Å²) in [4.78, 5) is 4.67. The Morgan fingerprint density at radius 2 is 2.16 bits per heavy atom. The zero-order valence-electron chi connectivity index (χ0n) is 14.9. The number of benzene rings is 1. The van der Waals surface area contributed by atoms with Gasteiger partial charge in [-0.3, -0.25) is 0 Å². The SMILES string of the molecule is CCNC(=NCc1cc(-c2ccccc2)on1)NC1CCC(SC)C1. The van der Waals surface area contributed by atoms with Gasteiger partial charge in [-0.2, -0.15) is 11.8 Å². The Balaban J connectivity index is 1.61. The summed E-state index contributed by atoms with van der Waals surface area (Å²) in [6, 6.07) is 12.5. The number of rotatable bonds is 6. The van der Waals surface area contributed by atoms with Crippen molar-refractivity contribution < 1.29 is 4.52 Å². The second-order valence-electron chi connectivity index (χ2n) is 6.26. The monoisotopic (exact) mass is 358 g/mol. The van der Waals surface area contributed by atoms with Gasteiger partial charge in [0.15, 0.2) is 11.7 Å². The average molecular weight is 359 g/mol. The highest BCUT2D eigenvalue weighted by Gasteiger charge is 2.24. The van der Waals surface area contributed by atoms with Crippen LogP contribution in [-0.2, 0) is 6.54 Å². The molecule has 1 aromatic heterocycles. The molecule has 1 aromatic carbocycles. The molecule has 5 nitrogen and oxygen atoms in total. The maximum atomic E-state index is 5.44. The zero-order valence-corrected chi connectivity index (χ0v) is 15.7. The quantitative estimate of drug-likeness (QED) is 0.609. The van der Waals surface area contributed by atoms with Gasteiger partial charge >= 0.3 is 0 Å². The summed E-state index contributed by atoms with van der Waals surface area (Å²) in [5.74, 6) is 1.64. The van der Waals surface area contributed by atoms with E-state index in [1.54, 1.807) is 0 Å². The fourth-order valence-corrected chi connectivity index (χ4v) is 3.88. The first-order chi connectivity index (χ1) is 12.3. The van der Waals surface area contributed by atoms with Crippen molar-refractivity contribution in [3.05, 3.63) is 42.1 Å². The maximum Gasteiger partial charge on any atom is 0.191 e. The van der Waals surface area contributed by atoms with Gasteiger partial charge in [-0.05, 0) is 32.4 Å². The maximum absolute atomic E-state index is 5.44. The normalized spacial score (nSPS) is 20.6. The number of thioether (sulfide) groups is 1. The van der Waals surface area contributed by atoms with Crippen molar-refractivity contribution in [1.29, 1.82) is 0 Å². The highest BCUT2D eigenvalue weighted by atomic mass is 32.2. The van der Waals surface area contributed by atoms with Crippen molar-refractivity contribution in [2.24, 2.45) is 4.99 Å². The minimum Gasteiger partial charge on any atom is -0.357 e. The van der Waals surface area contributed by atoms with Crippen LogP contribution in [0.3, 0.4) is 0 Å². The topological polar surface area (TPSA) is 62.5 Å². The van der Waals surface area contributed by atoms with Gasteiger partial charge in [-0.15, -0.1) is 0 Å². The molecule has 1 aliphatic rings. The van der Waals surface area contributed by atoms with Gasteiger partial charge < -0.3 is 15.2 Å². The van der Waals surface area contributed by atoms with Crippen molar-refractivity contribution in [3.8, 4) is 11.3 Å². The molecule has 1 saturated carbocycles. The van der Waals surface area contributed by atoms with Gasteiger partial charge in [-0.1, -0.05) is 35.5 Å². The smallest absolute Gasteiger partial charge is 0.191 e. The van der Waals surface area contributed by atoms with E-state index in [4.69, 9.17) is 4.52 Å². The largest absolute Gasteiger partial charge is 0.357 e. The third-order valence-electron chi connectivity index (χ3n) is 4.42. The molecule has 0 bridgehead atoms. The number of hydrogen-bond donors (Lipinski definition) is 2. The van der Waals surface area contributed by atoms with Crippen molar-refractivity contribution in [2.45, 2.75) is 44.0 Å². The predicted molar refractivity (Wildman–Crippen MR) is 105 cm³/mol. The average Bonchev–Trinajstić information content (AvgIpc) is 3.30. The molecule has 1 heterocycles. The fraction of sp³-hybridized carbons (Fsp3) is 0.474. The number of hydrogen-bond acceptors (Lipinski definition) is 4. The number of nitrogens with one attached hydrogen (secondary N) is 2. The Morgan fingerprint density at radius 1 is 1.32 bits per heavy atom. The predicted octanol–water partition coefficient (Wildman–Crippen LogP) is 3.68. The molecule has 2 aromatic rings. The van der Waals surface area contributed by atoms with Crippen LogP contribution in [0.4, 0.5) is 0 Å². The van der Waals surface area contributed by atoms with Crippen LogP contribution in [0.25, 0.3) is 11.3 Å². The second kappa shape index (κ2) is 8.94. The summed E-state index contributed by atoms with van der Waals surface area (Å²) >= 11 is 1.96. The van der Waals surface area contributed by atoms with E-state index < -0.39 is 0 Å². The van der Waals surface area contributed by atoms with Crippen LogP contribution in [0.15, 0.2) is 45.9 Å². The lowest BCUT2D eigenvalue weighted by Gasteiger charge is -2.17. The molecule has 2 atom stereocenters. The number of nitrogens with zero attached hydrogens (tertiary/aromatic N) is 2. The van der Waals surface area contributed by atoms with Crippen LogP contribution in [0.5, 0.6) is 0 Å². The third-order valence-corrected chi connectivity index (χ3v) is 5.51. The number of guanidine groups is 1. The highest BCUT2D eigenvalue weighted by molar-refractivity contribution is 7.99. The van der Waals surface area contributed by atoms with Crippen LogP contribution < -0.4 is 10.6 Å². The van der Waals surface area contributed by atoms with Gasteiger partial charge in [0.25, 0.3) is 0 Å². The van der Waals surface area contributed by atoms with Crippen molar-refractivity contribution in [2.75, 3.05) is 12.8 Å². The van der Waals surface area contributed by atoms with Gasteiger partial charge in [0.1, 0.15) is 5.69 Å².